The van der Waals surface area contributed by atoms with Gasteiger partial charge in [0.05, 0.1) is 6.61 Å². The number of para-hydroxylation sites is 1. The molecular formula is C23H35IN6O. The van der Waals surface area contributed by atoms with Crippen LogP contribution < -0.4 is 15.4 Å². The fraction of sp³-hybridized carbons (Fsp3) is 0.609. The van der Waals surface area contributed by atoms with E-state index in [9.17, 15) is 0 Å². The third-order valence-electron chi connectivity index (χ3n) is 5.87. The number of benzene rings is 1. The largest absolute Gasteiger partial charge is 0.493 e. The lowest BCUT2D eigenvalue weighted by Gasteiger charge is -2.15. The number of nitrogens with one attached hydrogen (secondary N) is 2. The molecule has 0 spiro atoms. The van der Waals surface area contributed by atoms with Crippen LogP contribution in [0.4, 0.5) is 0 Å². The maximum atomic E-state index is 6.01. The number of ether oxygens (including phenoxy) is 1. The Balaban J connectivity index is 0.00000272. The number of aromatic nitrogens is 3. The van der Waals surface area contributed by atoms with Crippen LogP contribution in [0.3, 0.4) is 0 Å². The summed E-state index contributed by atoms with van der Waals surface area (Å²) in [6.45, 7) is 3.44. The van der Waals surface area contributed by atoms with Crippen molar-refractivity contribution in [2.45, 2.75) is 64.5 Å². The molecule has 0 saturated heterocycles. The van der Waals surface area contributed by atoms with Crippen LogP contribution in [0, 0.1) is 5.92 Å². The Bertz CT molecular complexity index is 848. The number of guanidine groups is 1. The van der Waals surface area contributed by atoms with E-state index in [0.717, 1.165) is 73.8 Å². The van der Waals surface area contributed by atoms with Gasteiger partial charge in [0.15, 0.2) is 5.96 Å². The summed E-state index contributed by atoms with van der Waals surface area (Å²) in [5.41, 5.74) is 1.16. The zero-order chi connectivity index (χ0) is 20.6. The van der Waals surface area contributed by atoms with Crippen molar-refractivity contribution in [3.63, 3.8) is 0 Å². The quantitative estimate of drug-likeness (QED) is 0.221. The van der Waals surface area contributed by atoms with Crippen molar-refractivity contribution >= 4 is 29.9 Å². The maximum absolute atomic E-state index is 6.01. The van der Waals surface area contributed by atoms with Gasteiger partial charge < -0.3 is 19.9 Å². The van der Waals surface area contributed by atoms with Crippen LogP contribution in [0.15, 0.2) is 29.3 Å². The number of fused-ring (bicyclic) bond motifs is 1. The van der Waals surface area contributed by atoms with Crippen molar-refractivity contribution < 1.29 is 4.74 Å². The Hall–Kier alpha value is -1.84. The van der Waals surface area contributed by atoms with Gasteiger partial charge in [-0.05, 0) is 44.1 Å². The molecule has 2 aromatic rings. The third-order valence-corrected chi connectivity index (χ3v) is 5.87. The number of nitrogens with zero attached hydrogens (tertiary/aromatic N) is 4. The van der Waals surface area contributed by atoms with E-state index >= 15 is 0 Å². The van der Waals surface area contributed by atoms with Crippen molar-refractivity contribution in [2.24, 2.45) is 10.9 Å². The first kappa shape index (κ1) is 23.8. The normalized spacial score (nSPS) is 16.1. The molecule has 2 heterocycles. The number of hydrogen-bond acceptors (Lipinski definition) is 4. The van der Waals surface area contributed by atoms with Gasteiger partial charge in [-0.2, -0.15) is 0 Å². The molecule has 0 unspecified atom stereocenters. The van der Waals surface area contributed by atoms with Gasteiger partial charge in [0.2, 0.25) is 0 Å². The number of rotatable bonds is 9. The molecule has 31 heavy (non-hydrogen) atoms. The van der Waals surface area contributed by atoms with Gasteiger partial charge in [-0.1, -0.05) is 24.6 Å². The van der Waals surface area contributed by atoms with Gasteiger partial charge in [0.25, 0.3) is 0 Å². The van der Waals surface area contributed by atoms with Crippen LogP contribution in [0.5, 0.6) is 5.75 Å². The monoisotopic (exact) mass is 538 g/mol. The highest BCUT2D eigenvalue weighted by molar-refractivity contribution is 14.0. The van der Waals surface area contributed by atoms with Crippen LogP contribution in [-0.4, -0.2) is 40.9 Å². The Kier molecular flexibility index (Phi) is 9.42. The van der Waals surface area contributed by atoms with Gasteiger partial charge in [-0.15, -0.1) is 34.2 Å². The van der Waals surface area contributed by atoms with Gasteiger partial charge >= 0.3 is 0 Å². The van der Waals surface area contributed by atoms with Crippen molar-refractivity contribution in [1.29, 1.82) is 0 Å². The first-order chi connectivity index (χ1) is 14.8. The molecule has 1 aliphatic carbocycles. The molecule has 1 saturated carbocycles. The fourth-order valence-corrected chi connectivity index (χ4v) is 3.87. The van der Waals surface area contributed by atoms with Crippen LogP contribution in [-0.2, 0) is 25.9 Å². The molecule has 0 radical (unpaired) electrons. The summed E-state index contributed by atoms with van der Waals surface area (Å²) >= 11 is 0. The molecule has 1 aliphatic heterocycles. The van der Waals surface area contributed by atoms with Gasteiger partial charge in [-0.3, -0.25) is 4.99 Å². The predicted molar refractivity (Wildman–Crippen MR) is 134 cm³/mol. The van der Waals surface area contributed by atoms with E-state index in [1.54, 1.807) is 0 Å². The molecule has 1 aromatic heterocycles. The van der Waals surface area contributed by atoms with Gasteiger partial charge in [0.1, 0.15) is 17.4 Å². The third kappa shape index (κ3) is 7.08. The summed E-state index contributed by atoms with van der Waals surface area (Å²) in [6.07, 6.45) is 9.36. The average Bonchev–Trinajstić information content (AvgIpc) is 3.57. The second-order valence-corrected chi connectivity index (χ2v) is 8.31. The minimum Gasteiger partial charge on any atom is -0.493 e. The summed E-state index contributed by atoms with van der Waals surface area (Å²) in [5, 5.41) is 15.6. The van der Waals surface area contributed by atoms with Gasteiger partial charge in [0, 0.05) is 45.1 Å². The zero-order valence-electron chi connectivity index (χ0n) is 18.5. The van der Waals surface area contributed by atoms with Crippen molar-refractivity contribution in [1.82, 2.24) is 25.4 Å². The van der Waals surface area contributed by atoms with Gasteiger partial charge in [-0.25, -0.2) is 0 Å². The molecule has 170 valence electrons. The Labute approximate surface area is 202 Å². The molecule has 0 bridgehead atoms. The summed E-state index contributed by atoms with van der Waals surface area (Å²) in [5.74, 6) is 4.82. The molecule has 0 atom stereocenters. The van der Waals surface area contributed by atoms with Crippen molar-refractivity contribution in [3.8, 4) is 5.75 Å². The topological polar surface area (TPSA) is 76.4 Å². The first-order valence-electron chi connectivity index (χ1n) is 11.4. The molecule has 0 amide bonds. The summed E-state index contributed by atoms with van der Waals surface area (Å²) < 4.78 is 8.34. The minimum absolute atomic E-state index is 0. The molecule has 2 aliphatic rings. The highest BCUT2D eigenvalue weighted by atomic mass is 127. The van der Waals surface area contributed by atoms with Crippen LogP contribution in [0.1, 0.15) is 55.7 Å². The molecule has 1 aromatic carbocycles. The molecule has 1 fully saturated rings. The van der Waals surface area contributed by atoms with E-state index in [1.165, 1.54) is 32.1 Å². The van der Waals surface area contributed by atoms with Crippen molar-refractivity contribution in [3.05, 3.63) is 41.5 Å². The minimum atomic E-state index is 0. The number of aliphatic imine (C=N–C) groups is 1. The Morgan fingerprint density at radius 3 is 2.87 bits per heavy atom. The highest BCUT2D eigenvalue weighted by Crippen LogP contribution is 2.30. The zero-order valence-corrected chi connectivity index (χ0v) is 20.8. The molecule has 7 nitrogen and oxygen atoms in total. The average molecular weight is 538 g/mol. The molecule has 8 heteroatoms. The van der Waals surface area contributed by atoms with Crippen LogP contribution in [0.25, 0.3) is 0 Å². The Morgan fingerprint density at radius 1 is 1.16 bits per heavy atom. The van der Waals surface area contributed by atoms with E-state index < -0.39 is 0 Å². The molecular weight excluding hydrogens is 503 g/mol. The van der Waals surface area contributed by atoms with E-state index in [-0.39, 0.29) is 24.0 Å². The molecule has 4 rings (SSSR count). The summed E-state index contributed by atoms with van der Waals surface area (Å²) in [7, 11) is 1.81. The van der Waals surface area contributed by atoms with E-state index in [4.69, 9.17) is 4.74 Å². The van der Waals surface area contributed by atoms with Crippen molar-refractivity contribution in [2.75, 3.05) is 20.2 Å². The second kappa shape index (κ2) is 12.3. The second-order valence-electron chi connectivity index (χ2n) is 8.31. The highest BCUT2D eigenvalue weighted by Gasteiger charge is 2.22. The molecule has 2 N–H and O–H groups in total. The standard InChI is InChI=1S/C23H34N6O.HI/c1-24-23(26-16-19-8-4-5-9-20(19)30-17-18-12-13-18)25-14-7-11-22-28-27-21-10-3-2-6-15-29(21)22;/h4-5,8-9,18H,2-3,6-7,10-17H2,1H3,(H2,24,25,26);1H. The lowest BCUT2D eigenvalue weighted by Crippen LogP contribution is -2.37. The van der Waals surface area contributed by atoms with Crippen LogP contribution in [0.2, 0.25) is 0 Å². The predicted octanol–water partition coefficient (Wildman–Crippen LogP) is 3.71. The Morgan fingerprint density at radius 2 is 2.03 bits per heavy atom. The van der Waals surface area contributed by atoms with E-state index in [1.807, 2.05) is 13.1 Å². The maximum Gasteiger partial charge on any atom is 0.191 e. The smallest absolute Gasteiger partial charge is 0.191 e. The van der Waals surface area contributed by atoms with Crippen LogP contribution >= 0.6 is 24.0 Å². The number of halogens is 1. The lowest BCUT2D eigenvalue weighted by atomic mass is 10.2. The van der Waals surface area contributed by atoms with E-state index in [2.05, 4.69) is 48.6 Å². The number of hydrogen-bond donors (Lipinski definition) is 2. The number of aryl methyl sites for hydroxylation is 2. The van der Waals surface area contributed by atoms with E-state index in [0.29, 0.717) is 6.54 Å². The lowest BCUT2D eigenvalue weighted by molar-refractivity contribution is 0.296. The summed E-state index contributed by atoms with van der Waals surface area (Å²) in [4.78, 5) is 4.35. The SMILES string of the molecule is CN=C(NCCCc1nnc2n1CCCCC2)NCc1ccccc1OCC1CC1.I. The fourth-order valence-electron chi connectivity index (χ4n) is 3.87. The summed E-state index contributed by atoms with van der Waals surface area (Å²) in [6, 6.07) is 8.25. The first-order valence-corrected chi connectivity index (χ1v) is 11.4.